The Morgan fingerprint density at radius 2 is 2.19 bits per heavy atom. The van der Waals surface area contributed by atoms with E-state index in [0.29, 0.717) is 24.2 Å². The summed E-state index contributed by atoms with van der Waals surface area (Å²) in [4.78, 5) is 11.9. The van der Waals surface area contributed by atoms with E-state index in [0.717, 1.165) is 0 Å². The number of carbonyl (C=O) groups excluding carboxylic acids is 1. The summed E-state index contributed by atoms with van der Waals surface area (Å²) >= 11 is 0. The van der Waals surface area contributed by atoms with Crippen molar-refractivity contribution >= 4 is 5.91 Å². The lowest BCUT2D eigenvalue weighted by Gasteiger charge is -2.30. The Kier molecular flexibility index (Phi) is 4.06. The number of hydrogen-bond acceptors (Lipinski definition) is 4. The van der Waals surface area contributed by atoms with E-state index in [1.54, 1.807) is 6.92 Å². The summed E-state index contributed by atoms with van der Waals surface area (Å²) in [5.41, 5.74) is -0.138. The lowest BCUT2D eigenvalue weighted by molar-refractivity contribution is 0.0816. The highest BCUT2D eigenvalue weighted by molar-refractivity contribution is 5.95. The van der Waals surface area contributed by atoms with Gasteiger partial charge in [-0.05, 0) is 19.8 Å². The lowest BCUT2D eigenvalue weighted by atomic mass is 9.93. The van der Waals surface area contributed by atoms with Gasteiger partial charge in [0.2, 0.25) is 0 Å². The van der Waals surface area contributed by atoms with Gasteiger partial charge in [-0.2, -0.15) is 0 Å². The molecule has 0 aliphatic heterocycles. The van der Waals surface area contributed by atoms with Crippen LogP contribution in [0, 0.1) is 6.92 Å². The van der Waals surface area contributed by atoms with Gasteiger partial charge in [-0.25, -0.2) is 0 Å². The number of aliphatic hydroxyl groups excluding tert-OH is 1. The molecular weight excluding hydrogens is 208 g/mol. The molecule has 2 N–H and O–H groups in total. The largest absolute Gasteiger partial charge is 0.394 e. The Bertz CT molecular complexity index is 348. The van der Waals surface area contributed by atoms with Gasteiger partial charge >= 0.3 is 0 Å². The van der Waals surface area contributed by atoms with E-state index in [9.17, 15) is 9.90 Å². The highest BCUT2D eigenvalue weighted by Gasteiger charge is 2.28. The van der Waals surface area contributed by atoms with Crippen molar-refractivity contribution < 1.29 is 14.4 Å². The van der Waals surface area contributed by atoms with E-state index in [2.05, 4.69) is 10.5 Å². The van der Waals surface area contributed by atoms with E-state index in [1.807, 2.05) is 13.8 Å². The van der Waals surface area contributed by atoms with Crippen LogP contribution in [0.2, 0.25) is 0 Å². The van der Waals surface area contributed by atoms with Crippen LogP contribution in [0.3, 0.4) is 0 Å². The van der Waals surface area contributed by atoms with E-state index < -0.39 is 5.54 Å². The molecule has 0 aliphatic rings. The third kappa shape index (κ3) is 2.41. The molecule has 1 amide bonds. The Labute approximate surface area is 94.8 Å². The van der Waals surface area contributed by atoms with Gasteiger partial charge in [-0.15, -0.1) is 0 Å². The summed E-state index contributed by atoms with van der Waals surface area (Å²) in [5, 5.41) is 15.7. The van der Waals surface area contributed by atoms with Gasteiger partial charge in [-0.1, -0.05) is 19.0 Å². The molecule has 5 nitrogen and oxygen atoms in total. The maximum atomic E-state index is 11.9. The summed E-state index contributed by atoms with van der Waals surface area (Å²) in [6, 6.07) is 0. The Morgan fingerprint density at radius 3 is 2.56 bits per heavy atom. The van der Waals surface area contributed by atoms with E-state index >= 15 is 0 Å². The molecule has 1 aromatic heterocycles. The first-order valence-corrected chi connectivity index (χ1v) is 5.43. The van der Waals surface area contributed by atoms with Crippen LogP contribution in [0.25, 0.3) is 0 Å². The molecule has 0 aromatic carbocycles. The monoisotopic (exact) mass is 226 g/mol. The van der Waals surface area contributed by atoms with Crippen molar-refractivity contribution in [2.75, 3.05) is 6.61 Å². The zero-order chi connectivity index (χ0) is 12.2. The van der Waals surface area contributed by atoms with Gasteiger partial charge in [0.1, 0.15) is 11.3 Å². The highest BCUT2D eigenvalue weighted by atomic mass is 16.5. The molecule has 1 heterocycles. The molecule has 5 heteroatoms. The Morgan fingerprint density at radius 1 is 1.56 bits per heavy atom. The maximum Gasteiger partial charge on any atom is 0.257 e. The van der Waals surface area contributed by atoms with Crippen LogP contribution in [-0.4, -0.2) is 28.3 Å². The zero-order valence-electron chi connectivity index (χ0n) is 9.91. The molecule has 0 radical (unpaired) electrons. The van der Waals surface area contributed by atoms with Gasteiger partial charge in [0, 0.05) is 0 Å². The first-order chi connectivity index (χ1) is 7.58. The average Bonchev–Trinajstić information content (AvgIpc) is 2.72. The Balaban J connectivity index is 2.81. The highest BCUT2D eigenvalue weighted by Crippen LogP contribution is 2.16. The molecule has 0 aliphatic carbocycles. The predicted molar refractivity (Wildman–Crippen MR) is 59.1 cm³/mol. The number of nitrogens with one attached hydrogen (secondary N) is 1. The van der Waals surface area contributed by atoms with Gasteiger partial charge in [-0.3, -0.25) is 4.79 Å². The minimum absolute atomic E-state index is 0.0733. The van der Waals surface area contributed by atoms with Gasteiger partial charge in [0.25, 0.3) is 5.91 Å². The van der Waals surface area contributed by atoms with Crippen molar-refractivity contribution in [1.29, 1.82) is 0 Å². The number of carbonyl (C=O) groups is 1. The molecule has 1 aromatic rings. The molecule has 0 saturated carbocycles. The molecule has 0 saturated heterocycles. The van der Waals surface area contributed by atoms with Crippen LogP contribution >= 0.6 is 0 Å². The number of hydrogen-bond donors (Lipinski definition) is 2. The summed E-state index contributed by atoms with van der Waals surface area (Å²) in [5.74, 6) is 0.230. The predicted octanol–water partition coefficient (Wildman–Crippen LogP) is 1.26. The van der Waals surface area contributed by atoms with E-state index in [4.69, 9.17) is 4.52 Å². The topological polar surface area (TPSA) is 75.4 Å². The van der Waals surface area contributed by atoms with Crippen LogP contribution < -0.4 is 5.32 Å². The third-order valence-corrected chi connectivity index (χ3v) is 3.03. The number of rotatable bonds is 5. The maximum absolute atomic E-state index is 11.9. The fraction of sp³-hybridized carbons (Fsp3) is 0.636. The molecule has 0 unspecified atom stereocenters. The van der Waals surface area contributed by atoms with Crippen LogP contribution in [0.4, 0.5) is 0 Å². The van der Waals surface area contributed by atoms with Crippen LogP contribution in [0.1, 0.15) is 42.8 Å². The summed E-state index contributed by atoms with van der Waals surface area (Å²) in [7, 11) is 0. The number of aromatic nitrogens is 1. The van der Waals surface area contributed by atoms with Crippen molar-refractivity contribution in [2.45, 2.75) is 39.2 Å². The quantitative estimate of drug-likeness (QED) is 0.792. The number of aliphatic hydroxyl groups is 1. The fourth-order valence-electron chi connectivity index (χ4n) is 1.51. The van der Waals surface area contributed by atoms with E-state index in [-0.39, 0.29) is 12.5 Å². The third-order valence-electron chi connectivity index (χ3n) is 3.03. The summed E-state index contributed by atoms with van der Waals surface area (Å²) < 4.78 is 4.83. The second kappa shape index (κ2) is 5.12. The SMILES string of the molecule is CCC(CC)(CO)NC(=O)c1cnoc1C. The second-order valence-electron chi connectivity index (χ2n) is 3.90. The van der Waals surface area contributed by atoms with Crippen LogP contribution in [0.15, 0.2) is 10.7 Å². The molecule has 0 fully saturated rings. The molecule has 90 valence electrons. The number of nitrogens with zero attached hydrogens (tertiary/aromatic N) is 1. The van der Waals surface area contributed by atoms with Gasteiger partial charge in [0.05, 0.1) is 18.3 Å². The number of aryl methyl sites for hydroxylation is 1. The normalized spacial score (nSPS) is 11.5. The van der Waals surface area contributed by atoms with Crippen molar-refractivity contribution in [3.8, 4) is 0 Å². The molecule has 16 heavy (non-hydrogen) atoms. The molecule has 0 atom stereocenters. The fourth-order valence-corrected chi connectivity index (χ4v) is 1.51. The minimum Gasteiger partial charge on any atom is -0.394 e. The van der Waals surface area contributed by atoms with E-state index in [1.165, 1.54) is 6.20 Å². The second-order valence-corrected chi connectivity index (χ2v) is 3.90. The number of amides is 1. The average molecular weight is 226 g/mol. The first kappa shape index (κ1) is 12.7. The summed E-state index contributed by atoms with van der Waals surface area (Å²) in [6.45, 7) is 5.47. The van der Waals surface area contributed by atoms with Crippen molar-refractivity contribution in [2.24, 2.45) is 0 Å². The van der Waals surface area contributed by atoms with Crippen molar-refractivity contribution in [3.63, 3.8) is 0 Å². The first-order valence-electron chi connectivity index (χ1n) is 5.43. The van der Waals surface area contributed by atoms with Gasteiger partial charge < -0.3 is 14.9 Å². The minimum atomic E-state index is -0.555. The van der Waals surface area contributed by atoms with Crippen LogP contribution in [0.5, 0.6) is 0 Å². The molecule has 0 bridgehead atoms. The lowest BCUT2D eigenvalue weighted by Crippen LogP contribution is -2.50. The zero-order valence-corrected chi connectivity index (χ0v) is 9.91. The van der Waals surface area contributed by atoms with Crippen LogP contribution in [-0.2, 0) is 0 Å². The molecule has 0 spiro atoms. The smallest absolute Gasteiger partial charge is 0.257 e. The summed E-state index contributed by atoms with van der Waals surface area (Å²) in [6.07, 6.45) is 2.74. The Hall–Kier alpha value is -1.36. The molecule has 1 rings (SSSR count). The standard InChI is InChI=1S/C11H18N2O3/c1-4-11(5-2,7-14)13-10(15)9-6-12-16-8(9)3/h6,14H,4-5,7H2,1-3H3,(H,13,15). The van der Waals surface area contributed by atoms with Gasteiger partial charge in [0.15, 0.2) is 0 Å². The molecular formula is C11H18N2O3. The van der Waals surface area contributed by atoms with Crippen molar-refractivity contribution in [1.82, 2.24) is 10.5 Å². The van der Waals surface area contributed by atoms with Crippen molar-refractivity contribution in [3.05, 3.63) is 17.5 Å².